The van der Waals surface area contributed by atoms with Gasteiger partial charge >= 0.3 is 0 Å². The van der Waals surface area contributed by atoms with Crippen LogP contribution >= 0.6 is 0 Å². The fourth-order valence-electron chi connectivity index (χ4n) is 2.06. The maximum atomic E-state index is 12.0. The van der Waals surface area contributed by atoms with Gasteiger partial charge in [-0.2, -0.15) is 0 Å². The zero-order valence-electron chi connectivity index (χ0n) is 13.0. The van der Waals surface area contributed by atoms with Crippen LogP contribution < -0.4 is 10.6 Å². The van der Waals surface area contributed by atoms with Crippen LogP contribution in [-0.4, -0.2) is 38.6 Å². The van der Waals surface area contributed by atoms with Gasteiger partial charge in [-0.3, -0.25) is 9.59 Å². The van der Waals surface area contributed by atoms with Crippen LogP contribution in [0, 0.1) is 0 Å². The quantitative estimate of drug-likeness (QED) is 0.767. The lowest BCUT2D eigenvalue weighted by Gasteiger charge is -2.07. The Kier molecular flexibility index (Phi) is 6.32. The average molecular weight is 312 g/mol. The number of amides is 2. The second-order valence-electron chi connectivity index (χ2n) is 4.97. The number of nitrogens with one attached hydrogen (secondary N) is 2. The highest BCUT2D eigenvalue weighted by Crippen LogP contribution is 2.19. The van der Waals surface area contributed by atoms with Crippen molar-refractivity contribution in [2.45, 2.75) is 0 Å². The van der Waals surface area contributed by atoms with E-state index in [0.717, 1.165) is 11.1 Å². The molecular formula is C18H20N2O3. The predicted octanol–water partition coefficient (Wildman–Crippen LogP) is 1.85. The number of carbonyl (C=O) groups excluding carboxylic acids is 2. The average Bonchev–Trinajstić information content (AvgIpc) is 2.61. The van der Waals surface area contributed by atoms with Crippen LogP contribution in [0.5, 0.6) is 0 Å². The molecule has 0 aliphatic rings. The van der Waals surface area contributed by atoms with Crippen LogP contribution in [0.15, 0.2) is 54.6 Å². The lowest BCUT2D eigenvalue weighted by molar-refractivity contribution is -0.120. The van der Waals surface area contributed by atoms with E-state index in [9.17, 15) is 9.59 Å². The summed E-state index contributed by atoms with van der Waals surface area (Å²) in [6.07, 6.45) is 0. The van der Waals surface area contributed by atoms with E-state index in [-0.39, 0.29) is 18.4 Å². The summed E-state index contributed by atoms with van der Waals surface area (Å²) in [5, 5.41) is 5.24. The number of hydrogen-bond acceptors (Lipinski definition) is 3. The van der Waals surface area contributed by atoms with Crippen molar-refractivity contribution in [2.75, 3.05) is 26.8 Å². The van der Waals surface area contributed by atoms with Gasteiger partial charge in [0.05, 0.1) is 13.2 Å². The highest BCUT2D eigenvalue weighted by molar-refractivity contribution is 5.96. The predicted molar refractivity (Wildman–Crippen MR) is 89.1 cm³/mol. The Morgan fingerprint density at radius 3 is 2.22 bits per heavy atom. The molecule has 0 fully saturated rings. The van der Waals surface area contributed by atoms with Gasteiger partial charge in [-0.25, -0.2) is 0 Å². The summed E-state index contributed by atoms with van der Waals surface area (Å²) in [5.74, 6) is -0.511. The van der Waals surface area contributed by atoms with Crippen LogP contribution in [0.25, 0.3) is 11.1 Å². The molecular weight excluding hydrogens is 292 g/mol. The van der Waals surface area contributed by atoms with Crippen LogP contribution in [0.4, 0.5) is 0 Å². The lowest BCUT2D eigenvalue weighted by atomic mass is 10.0. The summed E-state index contributed by atoms with van der Waals surface area (Å²) >= 11 is 0. The fraction of sp³-hybridized carbons (Fsp3) is 0.222. The molecule has 2 aromatic rings. The molecule has 23 heavy (non-hydrogen) atoms. The summed E-state index contributed by atoms with van der Waals surface area (Å²) < 4.78 is 4.83. The van der Waals surface area contributed by atoms with Gasteiger partial charge in [0.2, 0.25) is 5.91 Å². The summed E-state index contributed by atoms with van der Waals surface area (Å²) in [5.41, 5.74) is 2.66. The molecule has 0 saturated carbocycles. The molecule has 0 heterocycles. The van der Waals surface area contributed by atoms with Gasteiger partial charge in [-0.15, -0.1) is 0 Å². The molecule has 0 atom stereocenters. The molecule has 2 aromatic carbocycles. The minimum atomic E-state index is -0.272. The van der Waals surface area contributed by atoms with Crippen molar-refractivity contribution >= 4 is 11.8 Å². The van der Waals surface area contributed by atoms with Crippen molar-refractivity contribution in [3.8, 4) is 11.1 Å². The molecule has 0 spiro atoms. The normalized spacial score (nSPS) is 10.1. The number of ether oxygens (including phenoxy) is 1. The Bertz CT molecular complexity index is 639. The van der Waals surface area contributed by atoms with Crippen LogP contribution in [0.1, 0.15) is 10.4 Å². The largest absolute Gasteiger partial charge is 0.383 e. The molecule has 0 unspecified atom stereocenters. The van der Waals surface area contributed by atoms with Crippen LogP contribution in [-0.2, 0) is 9.53 Å². The molecule has 0 aliphatic heterocycles. The second kappa shape index (κ2) is 8.70. The Morgan fingerprint density at radius 2 is 1.57 bits per heavy atom. The maximum absolute atomic E-state index is 12.0. The van der Waals surface area contributed by atoms with E-state index in [0.29, 0.717) is 18.7 Å². The lowest BCUT2D eigenvalue weighted by Crippen LogP contribution is -2.38. The van der Waals surface area contributed by atoms with Gasteiger partial charge in [0.25, 0.3) is 5.91 Å². The van der Waals surface area contributed by atoms with Crippen molar-refractivity contribution in [2.24, 2.45) is 0 Å². The van der Waals surface area contributed by atoms with E-state index in [4.69, 9.17) is 4.74 Å². The summed E-state index contributed by atoms with van der Waals surface area (Å²) in [6.45, 7) is 0.820. The summed E-state index contributed by atoms with van der Waals surface area (Å²) in [6, 6.07) is 17.2. The van der Waals surface area contributed by atoms with Crippen molar-refractivity contribution in [3.63, 3.8) is 0 Å². The van der Waals surface area contributed by atoms with E-state index < -0.39 is 0 Å². The highest BCUT2D eigenvalue weighted by Gasteiger charge is 2.08. The highest BCUT2D eigenvalue weighted by atomic mass is 16.5. The minimum absolute atomic E-state index is 0.0526. The molecule has 0 bridgehead atoms. The van der Waals surface area contributed by atoms with Gasteiger partial charge < -0.3 is 15.4 Å². The first-order chi connectivity index (χ1) is 11.2. The fourth-order valence-corrected chi connectivity index (χ4v) is 2.06. The van der Waals surface area contributed by atoms with E-state index in [1.54, 1.807) is 19.2 Å². The third kappa shape index (κ3) is 5.23. The molecule has 2 rings (SSSR count). The molecule has 0 aromatic heterocycles. The molecule has 2 amide bonds. The SMILES string of the molecule is COCCNC(=O)CNC(=O)c1ccc(-c2ccccc2)cc1. The molecule has 5 nitrogen and oxygen atoms in total. The van der Waals surface area contributed by atoms with Gasteiger partial charge in [0.1, 0.15) is 0 Å². The van der Waals surface area contributed by atoms with Gasteiger partial charge in [-0.05, 0) is 23.3 Å². The summed E-state index contributed by atoms with van der Waals surface area (Å²) in [7, 11) is 1.56. The standard InChI is InChI=1S/C18H20N2O3/c1-23-12-11-19-17(21)13-20-18(22)16-9-7-15(8-10-16)14-5-3-2-4-6-14/h2-10H,11-13H2,1H3,(H,19,21)(H,20,22). The third-order valence-electron chi connectivity index (χ3n) is 3.29. The van der Waals surface area contributed by atoms with Gasteiger partial charge in [-0.1, -0.05) is 42.5 Å². The van der Waals surface area contributed by atoms with Crippen molar-refractivity contribution in [3.05, 3.63) is 60.2 Å². The first-order valence-corrected chi connectivity index (χ1v) is 7.40. The number of carbonyl (C=O) groups is 2. The monoisotopic (exact) mass is 312 g/mol. The summed E-state index contributed by atoms with van der Waals surface area (Å²) in [4.78, 5) is 23.5. The Morgan fingerprint density at radius 1 is 0.913 bits per heavy atom. The molecule has 2 N–H and O–H groups in total. The number of methoxy groups -OCH3 is 1. The van der Waals surface area contributed by atoms with Crippen molar-refractivity contribution in [1.29, 1.82) is 0 Å². The number of rotatable bonds is 7. The molecule has 0 saturated heterocycles. The molecule has 120 valence electrons. The second-order valence-corrected chi connectivity index (χ2v) is 4.97. The number of benzene rings is 2. The zero-order chi connectivity index (χ0) is 16.5. The van der Waals surface area contributed by atoms with E-state index in [2.05, 4.69) is 10.6 Å². The molecule has 5 heteroatoms. The Hall–Kier alpha value is -2.66. The van der Waals surface area contributed by atoms with Crippen molar-refractivity contribution < 1.29 is 14.3 Å². The topological polar surface area (TPSA) is 67.4 Å². The van der Waals surface area contributed by atoms with Crippen molar-refractivity contribution in [1.82, 2.24) is 10.6 Å². The molecule has 0 radical (unpaired) electrons. The van der Waals surface area contributed by atoms with Crippen LogP contribution in [0.3, 0.4) is 0 Å². The number of hydrogen-bond donors (Lipinski definition) is 2. The van der Waals surface area contributed by atoms with E-state index in [1.165, 1.54) is 0 Å². The Balaban J connectivity index is 1.87. The first kappa shape index (κ1) is 16.7. The zero-order valence-corrected chi connectivity index (χ0v) is 13.0. The van der Waals surface area contributed by atoms with E-state index >= 15 is 0 Å². The minimum Gasteiger partial charge on any atom is -0.383 e. The first-order valence-electron chi connectivity index (χ1n) is 7.40. The third-order valence-corrected chi connectivity index (χ3v) is 3.29. The molecule has 0 aliphatic carbocycles. The van der Waals surface area contributed by atoms with Gasteiger partial charge in [0, 0.05) is 19.2 Å². The van der Waals surface area contributed by atoms with Gasteiger partial charge in [0.15, 0.2) is 0 Å². The van der Waals surface area contributed by atoms with Crippen LogP contribution in [0.2, 0.25) is 0 Å². The maximum Gasteiger partial charge on any atom is 0.251 e. The smallest absolute Gasteiger partial charge is 0.251 e. The van der Waals surface area contributed by atoms with E-state index in [1.807, 2.05) is 42.5 Å². The Labute approximate surface area is 135 Å².